The van der Waals surface area contributed by atoms with Crippen LogP contribution in [0.4, 0.5) is 0 Å². The van der Waals surface area contributed by atoms with Crippen LogP contribution in [-0.2, 0) is 38.0 Å². The molecule has 12 heteroatoms. The van der Waals surface area contributed by atoms with Crippen molar-refractivity contribution in [1.82, 2.24) is 0 Å². The second-order valence-corrected chi connectivity index (χ2v) is 19.4. The predicted molar refractivity (Wildman–Crippen MR) is 179 cm³/mol. The lowest BCUT2D eigenvalue weighted by Gasteiger charge is -2.64. The lowest BCUT2D eigenvalue weighted by atomic mass is 9.41. The van der Waals surface area contributed by atoms with Gasteiger partial charge in [-0.25, -0.2) is 0 Å². The van der Waals surface area contributed by atoms with Gasteiger partial charge in [-0.2, -0.15) is 0 Å². The van der Waals surface area contributed by atoms with Gasteiger partial charge in [0.2, 0.25) is 0 Å². The first-order valence-corrected chi connectivity index (χ1v) is 19.4. The lowest BCUT2D eigenvalue weighted by molar-refractivity contribution is -0.317. The second kappa shape index (κ2) is 11.1. The molecule has 3 heterocycles. The molecule has 2 bridgehead atoms. The zero-order chi connectivity index (χ0) is 36.9. The van der Waals surface area contributed by atoms with Crippen molar-refractivity contribution < 1.29 is 58.4 Å². The molecule has 3 spiro atoms. The zero-order valence-corrected chi connectivity index (χ0v) is 31.6. The monoisotopic (exact) mass is 720 g/mol. The fourth-order valence-electron chi connectivity index (χ4n) is 14.5. The molecule has 3 aliphatic heterocycles. The van der Waals surface area contributed by atoms with E-state index < -0.39 is 76.6 Å². The van der Waals surface area contributed by atoms with E-state index in [0.717, 1.165) is 44.9 Å². The van der Waals surface area contributed by atoms with Crippen molar-refractivity contribution in [2.24, 2.45) is 44.8 Å². The average Bonchev–Trinajstić information content (AvgIpc) is 3.52. The van der Waals surface area contributed by atoms with E-state index in [9.17, 15) is 30.0 Å². The molecule has 0 unspecified atom stereocenters. The minimum absolute atomic E-state index is 0.0195. The smallest absolute Gasteiger partial charge is 0.303 e. The molecule has 5 aliphatic carbocycles. The van der Waals surface area contributed by atoms with E-state index in [0.29, 0.717) is 25.4 Å². The number of esters is 2. The van der Waals surface area contributed by atoms with Crippen molar-refractivity contribution >= 4 is 11.9 Å². The fraction of sp³-hybridized carbons (Fsp3) is 0.949. The van der Waals surface area contributed by atoms with Gasteiger partial charge in [-0.1, -0.05) is 20.8 Å². The number of carbonyl (C=O) groups excluding carboxylic acids is 2. The summed E-state index contributed by atoms with van der Waals surface area (Å²) in [6.45, 7) is 15.4. The molecule has 8 aliphatic rings. The van der Waals surface area contributed by atoms with Crippen LogP contribution < -0.4 is 0 Å². The molecule has 5 saturated carbocycles. The van der Waals surface area contributed by atoms with Gasteiger partial charge in [-0.05, 0) is 100 Å². The molecule has 16 atom stereocenters. The lowest BCUT2D eigenvalue weighted by Crippen LogP contribution is -2.63. The number of carbonyl (C=O) groups is 2. The summed E-state index contributed by atoms with van der Waals surface area (Å²) in [6, 6.07) is 0. The summed E-state index contributed by atoms with van der Waals surface area (Å²) in [5.74, 6) is -1.89. The molecule has 4 N–H and O–H groups in total. The van der Waals surface area contributed by atoms with Gasteiger partial charge >= 0.3 is 11.9 Å². The van der Waals surface area contributed by atoms with E-state index in [-0.39, 0.29) is 40.8 Å². The SMILES string of the molecule is CC(=O)O[C@@H]1[C@@H]2[C@]3(CC[C@]45C[C@]46CC[C@@H](O[C@H]4OC[C@H](O)[C@@H](O)[C@@H]4O)C(C)(C)[C@@H]6CC[C@@H]5[C@@]3(C)[C@H]1OC(C)=O)CO[C@@]1(C(C)(C)O)CC[C@]2(C)O1. The normalized spacial score (nSPS) is 55.2. The number of ether oxygens (including phenoxy) is 6. The highest BCUT2D eigenvalue weighted by molar-refractivity contribution is 5.68. The van der Waals surface area contributed by atoms with Crippen molar-refractivity contribution in [2.75, 3.05) is 13.2 Å². The summed E-state index contributed by atoms with van der Waals surface area (Å²) in [5, 5.41) is 42.5. The van der Waals surface area contributed by atoms with Crippen LogP contribution in [-0.4, -0.2) is 105 Å². The standard InChI is InChI=1S/C39H60O12/c1-20(40)48-28-29-34(7)13-16-39(51-34,33(5,6)45)47-19-38(29)15-14-37-18-36(37)12-11-25(50-31-27(44)26(43)22(42)17-46-31)32(3,4)23(36)9-10-24(37)35(38,8)30(28)49-21(2)41/h22-31,42-45H,9-19H2,1-8H3/t22-,23-,24+,25+,26+,27-,28+,29-,30-,31+,34-,35-,36-,37+,38-,39-/m0/s1. The van der Waals surface area contributed by atoms with E-state index in [2.05, 4.69) is 27.7 Å². The second-order valence-electron chi connectivity index (χ2n) is 19.4. The van der Waals surface area contributed by atoms with Gasteiger partial charge in [0.05, 0.1) is 24.9 Å². The quantitative estimate of drug-likeness (QED) is 0.242. The molecule has 12 nitrogen and oxygen atoms in total. The maximum Gasteiger partial charge on any atom is 0.303 e. The molecule has 3 saturated heterocycles. The number of rotatable bonds is 5. The first-order chi connectivity index (χ1) is 23.6. The summed E-state index contributed by atoms with van der Waals surface area (Å²) >= 11 is 0. The van der Waals surface area contributed by atoms with Gasteiger partial charge in [0.15, 0.2) is 12.1 Å². The largest absolute Gasteiger partial charge is 0.458 e. The van der Waals surface area contributed by atoms with Crippen LogP contribution in [0, 0.1) is 44.8 Å². The van der Waals surface area contributed by atoms with Crippen molar-refractivity contribution in [2.45, 2.75) is 173 Å². The minimum atomic E-state index is -1.34. The van der Waals surface area contributed by atoms with Gasteiger partial charge < -0.3 is 48.8 Å². The van der Waals surface area contributed by atoms with Crippen LogP contribution in [0.1, 0.15) is 113 Å². The van der Waals surface area contributed by atoms with Gasteiger partial charge in [0, 0.05) is 37.0 Å². The molecule has 0 amide bonds. The molecular weight excluding hydrogens is 660 g/mol. The van der Waals surface area contributed by atoms with Gasteiger partial charge in [-0.15, -0.1) is 0 Å². The van der Waals surface area contributed by atoms with E-state index >= 15 is 0 Å². The van der Waals surface area contributed by atoms with Gasteiger partial charge in [0.1, 0.15) is 36.1 Å². The Morgan fingerprint density at radius 2 is 1.45 bits per heavy atom. The Balaban J connectivity index is 1.17. The highest BCUT2D eigenvalue weighted by Crippen LogP contribution is 2.90. The highest BCUT2D eigenvalue weighted by atomic mass is 16.7. The predicted octanol–water partition coefficient (Wildman–Crippen LogP) is 3.38. The van der Waals surface area contributed by atoms with E-state index in [1.807, 2.05) is 0 Å². The summed E-state index contributed by atoms with van der Waals surface area (Å²) in [6.07, 6.45) is 0.954. The highest BCUT2D eigenvalue weighted by Gasteiger charge is 2.88. The zero-order valence-electron chi connectivity index (χ0n) is 31.6. The summed E-state index contributed by atoms with van der Waals surface area (Å²) < 4.78 is 38.7. The Bertz CT molecular complexity index is 1460. The first kappa shape index (κ1) is 36.6. The van der Waals surface area contributed by atoms with Gasteiger partial charge in [-0.3, -0.25) is 9.59 Å². The van der Waals surface area contributed by atoms with Crippen LogP contribution in [0.15, 0.2) is 0 Å². The van der Waals surface area contributed by atoms with E-state index in [1.165, 1.54) is 13.8 Å². The molecular formula is C39H60O12. The number of fused-ring (bicyclic) bond motifs is 4. The molecule has 8 rings (SSSR count). The van der Waals surface area contributed by atoms with Crippen LogP contribution in [0.3, 0.4) is 0 Å². The molecule has 0 radical (unpaired) electrons. The Kier molecular flexibility index (Phi) is 7.97. The topological polar surface area (TPSA) is 170 Å². The van der Waals surface area contributed by atoms with Crippen molar-refractivity contribution in [3.63, 3.8) is 0 Å². The Labute approximate surface area is 301 Å². The van der Waals surface area contributed by atoms with Gasteiger partial charge in [0.25, 0.3) is 0 Å². The number of hydrogen-bond acceptors (Lipinski definition) is 12. The first-order valence-electron chi connectivity index (χ1n) is 19.4. The number of aliphatic hydroxyl groups is 4. The summed E-state index contributed by atoms with van der Waals surface area (Å²) in [7, 11) is 0. The summed E-state index contributed by atoms with van der Waals surface area (Å²) in [5.41, 5.74) is -3.51. The van der Waals surface area contributed by atoms with Crippen LogP contribution in [0.2, 0.25) is 0 Å². The van der Waals surface area contributed by atoms with E-state index in [4.69, 9.17) is 28.4 Å². The van der Waals surface area contributed by atoms with Crippen LogP contribution in [0.5, 0.6) is 0 Å². The third kappa shape index (κ3) is 4.54. The molecule has 51 heavy (non-hydrogen) atoms. The molecule has 0 aromatic rings. The summed E-state index contributed by atoms with van der Waals surface area (Å²) in [4.78, 5) is 26.0. The number of aliphatic hydroxyl groups excluding tert-OH is 3. The van der Waals surface area contributed by atoms with Crippen molar-refractivity contribution in [3.8, 4) is 0 Å². The Hall–Kier alpha value is -1.38. The van der Waals surface area contributed by atoms with Crippen LogP contribution >= 0.6 is 0 Å². The third-order valence-corrected chi connectivity index (χ3v) is 16.6. The average molecular weight is 721 g/mol. The molecule has 288 valence electrons. The number of hydrogen-bond donors (Lipinski definition) is 4. The third-order valence-electron chi connectivity index (χ3n) is 16.6. The Morgan fingerprint density at radius 1 is 0.804 bits per heavy atom. The Morgan fingerprint density at radius 3 is 2.12 bits per heavy atom. The molecule has 8 fully saturated rings. The maximum atomic E-state index is 13.0. The minimum Gasteiger partial charge on any atom is -0.458 e. The van der Waals surface area contributed by atoms with Crippen LogP contribution in [0.25, 0.3) is 0 Å². The van der Waals surface area contributed by atoms with E-state index in [1.54, 1.807) is 13.8 Å². The maximum absolute atomic E-state index is 13.0. The fourth-order valence-corrected chi connectivity index (χ4v) is 14.5. The van der Waals surface area contributed by atoms with Crippen molar-refractivity contribution in [3.05, 3.63) is 0 Å². The molecule has 0 aromatic heterocycles. The molecule has 0 aromatic carbocycles. The van der Waals surface area contributed by atoms with Crippen molar-refractivity contribution in [1.29, 1.82) is 0 Å².